The molecule has 0 radical (unpaired) electrons. The molecule has 0 spiro atoms. The Kier molecular flexibility index (Phi) is 8.16. The summed E-state index contributed by atoms with van der Waals surface area (Å²) in [5.74, 6) is -0.280. The third kappa shape index (κ3) is 5.99. The number of carbonyl (C=O) groups is 1. The molecule has 2 rings (SSSR count). The number of nitrogens with one attached hydrogen (secondary N) is 1. The number of aromatic nitrogens is 1. The molecule has 0 aliphatic carbocycles. The summed E-state index contributed by atoms with van der Waals surface area (Å²) >= 11 is -0.529. The van der Waals surface area contributed by atoms with Crippen molar-refractivity contribution >= 4 is 22.9 Å². The number of hydrogen-bond acceptors (Lipinski definition) is 4. The van der Waals surface area contributed by atoms with Gasteiger partial charge in [0, 0.05) is 24.5 Å². The minimum absolute atomic E-state index is 0.251. The molecule has 146 valence electrons. The van der Waals surface area contributed by atoms with Gasteiger partial charge < -0.3 is 9.30 Å². The molecule has 6 heteroatoms. The van der Waals surface area contributed by atoms with Gasteiger partial charge in [0.2, 0.25) is 11.4 Å². The quantitative estimate of drug-likeness (QED) is 0.495. The molecular weight excluding hydrogens is 360 g/mol. The Morgan fingerprint density at radius 3 is 2.37 bits per heavy atom. The van der Waals surface area contributed by atoms with Gasteiger partial charge in [0.15, 0.2) is 11.3 Å². The molecule has 0 aliphatic heterocycles. The van der Waals surface area contributed by atoms with Crippen LogP contribution in [0.1, 0.15) is 32.8 Å². The second kappa shape index (κ2) is 10.3. The van der Waals surface area contributed by atoms with Crippen LogP contribution in [0, 0.1) is 0 Å². The number of rotatable bonds is 10. The van der Waals surface area contributed by atoms with Crippen LogP contribution < -0.4 is 4.72 Å². The summed E-state index contributed by atoms with van der Waals surface area (Å²) < 4.78 is 16.1. The first kappa shape index (κ1) is 21.3. The van der Waals surface area contributed by atoms with Gasteiger partial charge in [0.1, 0.15) is 0 Å². The summed E-state index contributed by atoms with van der Waals surface area (Å²) in [5, 5.41) is 0.251. The Labute approximate surface area is 165 Å². The molecule has 5 nitrogen and oxygen atoms in total. The molecule has 0 bridgehead atoms. The van der Waals surface area contributed by atoms with Crippen molar-refractivity contribution in [2.24, 2.45) is 0 Å². The molecule has 2 unspecified atom stereocenters. The van der Waals surface area contributed by atoms with E-state index in [1.807, 2.05) is 60.3 Å². The Morgan fingerprint density at radius 2 is 1.85 bits per heavy atom. The van der Waals surface area contributed by atoms with Crippen LogP contribution in [0.25, 0.3) is 11.3 Å². The molecule has 0 saturated heterocycles. The largest absolute Gasteiger partial charge is 0.465 e. The van der Waals surface area contributed by atoms with Gasteiger partial charge in [-0.1, -0.05) is 23.4 Å². The van der Waals surface area contributed by atoms with E-state index in [1.165, 1.54) is 0 Å². The van der Waals surface area contributed by atoms with E-state index >= 15 is 0 Å². The molecule has 0 amide bonds. The third-order valence-corrected chi connectivity index (χ3v) is 5.80. The Morgan fingerprint density at radius 1 is 1.22 bits per heavy atom. The standard InChI is InChI=1S/C21H29N2O3S/c1-6-26-21(24)20(22-27(25-5)16(2)3)15-17(4)18-9-11-19(12-10-18)23-13-7-8-14-23/h7-14,16,20,22H,4,6,15H2,1-3,5H3/q+1. The molecule has 1 heterocycles. The number of carbonyl (C=O) groups excluding carboxylic acids is 1. The first-order valence-corrected chi connectivity index (χ1v) is 10.3. The van der Waals surface area contributed by atoms with E-state index in [0.717, 1.165) is 16.8 Å². The van der Waals surface area contributed by atoms with Crippen molar-refractivity contribution in [3.05, 3.63) is 60.9 Å². The Hall–Kier alpha value is -2.02. The van der Waals surface area contributed by atoms with Crippen molar-refractivity contribution < 1.29 is 13.7 Å². The molecular formula is C21H29N2O3S+. The van der Waals surface area contributed by atoms with Gasteiger partial charge in [-0.15, -0.1) is 0 Å². The summed E-state index contributed by atoms with van der Waals surface area (Å²) in [6.45, 7) is 10.4. The number of benzene rings is 1. The predicted octanol–water partition coefficient (Wildman–Crippen LogP) is 3.91. The molecule has 27 heavy (non-hydrogen) atoms. The monoisotopic (exact) mass is 389 g/mol. The van der Waals surface area contributed by atoms with Crippen LogP contribution in [0.2, 0.25) is 0 Å². The fourth-order valence-corrected chi connectivity index (χ4v) is 3.89. The van der Waals surface area contributed by atoms with E-state index in [2.05, 4.69) is 25.1 Å². The minimum atomic E-state index is -0.529. The van der Waals surface area contributed by atoms with Gasteiger partial charge in [-0.3, -0.25) is 4.79 Å². The second-order valence-electron chi connectivity index (χ2n) is 6.38. The van der Waals surface area contributed by atoms with Crippen LogP contribution in [-0.2, 0) is 25.1 Å². The van der Waals surface area contributed by atoms with Crippen LogP contribution in [0.5, 0.6) is 0 Å². The fraction of sp³-hybridized carbons (Fsp3) is 0.381. The van der Waals surface area contributed by atoms with E-state index in [-0.39, 0.29) is 11.2 Å². The van der Waals surface area contributed by atoms with E-state index in [4.69, 9.17) is 8.92 Å². The number of nitrogens with zero attached hydrogens (tertiary/aromatic N) is 1. The molecule has 2 atom stereocenters. The summed E-state index contributed by atoms with van der Waals surface area (Å²) in [6.07, 6.45) is 4.46. The van der Waals surface area contributed by atoms with Crippen LogP contribution in [0.15, 0.2) is 55.4 Å². The Bertz CT molecular complexity index is 726. The van der Waals surface area contributed by atoms with Crippen LogP contribution in [0.3, 0.4) is 0 Å². The normalized spacial score (nSPS) is 13.4. The summed E-state index contributed by atoms with van der Waals surface area (Å²) in [7, 11) is 1.65. The summed E-state index contributed by atoms with van der Waals surface area (Å²) in [6, 6.07) is 11.6. The van der Waals surface area contributed by atoms with E-state index in [9.17, 15) is 4.79 Å². The minimum Gasteiger partial charge on any atom is -0.465 e. The highest BCUT2D eigenvalue weighted by Gasteiger charge is 2.33. The SMILES string of the molecule is C=C(CC(N[S+](OC)C(C)C)C(=O)OCC)c1ccc(-n2cccc2)cc1. The lowest BCUT2D eigenvalue weighted by Gasteiger charge is -2.18. The maximum Gasteiger partial charge on any atom is 0.328 e. The predicted molar refractivity (Wildman–Crippen MR) is 112 cm³/mol. The van der Waals surface area contributed by atoms with Crippen LogP contribution in [0.4, 0.5) is 0 Å². The summed E-state index contributed by atoms with van der Waals surface area (Å²) in [5.41, 5.74) is 2.96. The third-order valence-electron chi connectivity index (χ3n) is 4.07. The lowest BCUT2D eigenvalue weighted by atomic mass is 10.0. The molecule has 0 saturated carbocycles. The number of ether oxygens (including phenoxy) is 1. The topological polar surface area (TPSA) is 52.5 Å². The molecule has 1 aromatic carbocycles. The van der Waals surface area contributed by atoms with Crippen molar-refractivity contribution in [3.63, 3.8) is 0 Å². The van der Waals surface area contributed by atoms with Gasteiger partial charge >= 0.3 is 5.97 Å². The van der Waals surface area contributed by atoms with Gasteiger partial charge in [0.25, 0.3) is 0 Å². The van der Waals surface area contributed by atoms with Gasteiger partial charge in [0.05, 0.1) is 13.7 Å². The van der Waals surface area contributed by atoms with Gasteiger partial charge in [-0.05, 0) is 56.2 Å². The average molecular weight is 390 g/mol. The highest BCUT2D eigenvalue weighted by Crippen LogP contribution is 2.21. The average Bonchev–Trinajstić information content (AvgIpc) is 3.19. The molecule has 2 aromatic rings. The number of hydrogen-bond donors (Lipinski definition) is 1. The van der Waals surface area contributed by atoms with Crippen molar-refractivity contribution in [3.8, 4) is 5.69 Å². The van der Waals surface area contributed by atoms with Gasteiger partial charge in [-0.2, -0.15) is 4.18 Å². The van der Waals surface area contributed by atoms with Crippen molar-refractivity contribution in [2.75, 3.05) is 13.7 Å². The van der Waals surface area contributed by atoms with Crippen molar-refractivity contribution in [1.29, 1.82) is 0 Å². The van der Waals surface area contributed by atoms with Crippen molar-refractivity contribution in [2.45, 2.75) is 38.5 Å². The lowest BCUT2D eigenvalue weighted by molar-refractivity contribution is -0.144. The maximum absolute atomic E-state index is 12.4. The van der Waals surface area contributed by atoms with E-state index < -0.39 is 17.4 Å². The van der Waals surface area contributed by atoms with E-state index in [1.54, 1.807) is 7.11 Å². The first-order valence-electron chi connectivity index (χ1n) is 9.08. The van der Waals surface area contributed by atoms with Crippen LogP contribution in [-0.4, -0.2) is 35.5 Å². The number of esters is 1. The van der Waals surface area contributed by atoms with Crippen LogP contribution >= 0.6 is 0 Å². The fourth-order valence-electron chi connectivity index (χ4n) is 2.67. The highest BCUT2D eigenvalue weighted by atomic mass is 32.2. The molecule has 1 aromatic heterocycles. The van der Waals surface area contributed by atoms with E-state index in [0.29, 0.717) is 13.0 Å². The second-order valence-corrected chi connectivity index (χ2v) is 8.49. The maximum atomic E-state index is 12.4. The zero-order chi connectivity index (χ0) is 19.8. The van der Waals surface area contributed by atoms with Crippen molar-refractivity contribution in [1.82, 2.24) is 9.29 Å². The first-order chi connectivity index (χ1) is 13.0. The Balaban J connectivity index is 2.10. The zero-order valence-corrected chi connectivity index (χ0v) is 17.3. The molecule has 0 aliphatic rings. The molecule has 0 fully saturated rings. The highest BCUT2D eigenvalue weighted by molar-refractivity contribution is 7.91. The zero-order valence-electron chi connectivity index (χ0n) is 16.5. The smallest absolute Gasteiger partial charge is 0.328 e. The lowest BCUT2D eigenvalue weighted by Crippen LogP contribution is -2.45. The summed E-state index contributed by atoms with van der Waals surface area (Å²) in [4.78, 5) is 12.4. The van der Waals surface area contributed by atoms with Gasteiger partial charge in [-0.25, -0.2) is 0 Å². The molecule has 1 N–H and O–H groups in total.